The van der Waals surface area contributed by atoms with Crippen LogP contribution in [-0.2, 0) is 6.61 Å². The molecular formula is C12H16N2O3S. The molecule has 1 N–H and O–H groups in total. The van der Waals surface area contributed by atoms with Crippen LogP contribution in [0.3, 0.4) is 0 Å². The first-order valence-corrected chi connectivity index (χ1v) is 7.08. The highest BCUT2D eigenvalue weighted by atomic mass is 32.2. The monoisotopic (exact) mass is 268 g/mol. The summed E-state index contributed by atoms with van der Waals surface area (Å²) in [5, 5.41) is 20.2. The summed E-state index contributed by atoms with van der Waals surface area (Å²) in [7, 11) is 0. The highest BCUT2D eigenvalue weighted by Crippen LogP contribution is 2.30. The second-order valence-corrected chi connectivity index (χ2v) is 5.42. The first-order valence-electron chi connectivity index (χ1n) is 5.93. The molecule has 0 aliphatic carbocycles. The van der Waals surface area contributed by atoms with Crippen LogP contribution in [0.1, 0.15) is 12.0 Å². The Morgan fingerprint density at radius 1 is 1.39 bits per heavy atom. The predicted molar refractivity (Wildman–Crippen MR) is 73.2 cm³/mol. The molecule has 0 bridgehead atoms. The van der Waals surface area contributed by atoms with E-state index in [1.165, 1.54) is 6.07 Å². The van der Waals surface area contributed by atoms with Gasteiger partial charge in [0.1, 0.15) is 5.69 Å². The van der Waals surface area contributed by atoms with Crippen molar-refractivity contribution in [3.8, 4) is 0 Å². The fraction of sp³-hybridized carbons (Fsp3) is 0.500. The summed E-state index contributed by atoms with van der Waals surface area (Å²) in [5.74, 6) is 2.11. The lowest BCUT2D eigenvalue weighted by atomic mass is 10.1. The summed E-state index contributed by atoms with van der Waals surface area (Å²) in [6.07, 6.45) is 1.05. The van der Waals surface area contributed by atoms with E-state index in [0.717, 1.165) is 31.0 Å². The number of rotatable bonds is 3. The van der Waals surface area contributed by atoms with Crippen LogP contribution in [-0.4, -0.2) is 34.6 Å². The van der Waals surface area contributed by atoms with E-state index in [-0.39, 0.29) is 17.2 Å². The van der Waals surface area contributed by atoms with Crippen LogP contribution < -0.4 is 4.90 Å². The molecule has 0 unspecified atom stereocenters. The van der Waals surface area contributed by atoms with E-state index in [0.29, 0.717) is 11.3 Å². The molecule has 0 amide bonds. The maximum atomic E-state index is 11.1. The Bertz CT molecular complexity index is 431. The van der Waals surface area contributed by atoms with Crippen LogP contribution in [0, 0.1) is 10.1 Å². The fourth-order valence-corrected chi connectivity index (χ4v) is 2.95. The van der Waals surface area contributed by atoms with Crippen molar-refractivity contribution in [1.82, 2.24) is 0 Å². The van der Waals surface area contributed by atoms with E-state index in [1.807, 2.05) is 11.8 Å². The average Bonchev–Trinajstić information content (AvgIpc) is 2.66. The summed E-state index contributed by atoms with van der Waals surface area (Å²) in [5.41, 5.74) is 1.34. The zero-order valence-electron chi connectivity index (χ0n) is 10.0. The fourth-order valence-electron chi connectivity index (χ4n) is 2.07. The molecule has 18 heavy (non-hydrogen) atoms. The Labute approximate surface area is 110 Å². The van der Waals surface area contributed by atoms with E-state index in [9.17, 15) is 10.1 Å². The van der Waals surface area contributed by atoms with Gasteiger partial charge in [0.15, 0.2) is 0 Å². The molecule has 1 saturated heterocycles. The lowest BCUT2D eigenvalue weighted by Crippen LogP contribution is -2.26. The Kier molecular flexibility index (Phi) is 4.43. The van der Waals surface area contributed by atoms with Crippen molar-refractivity contribution in [2.75, 3.05) is 29.5 Å². The first-order chi connectivity index (χ1) is 8.72. The van der Waals surface area contributed by atoms with Gasteiger partial charge in [0.05, 0.1) is 11.5 Å². The average molecular weight is 268 g/mol. The number of anilines is 1. The minimum absolute atomic E-state index is 0.0912. The maximum absolute atomic E-state index is 11.1. The molecule has 0 spiro atoms. The molecular weight excluding hydrogens is 252 g/mol. The molecule has 1 aromatic rings. The third-order valence-corrected chi connectivity index (χ3v) is 4.03. The molecule has 1 aliphatic heterocycles. The van der Waals surface area contributed by atoms with Crippen molar-refractivity contribution >= 4 is 23.1 Å². The SMILES string of the molecule is O=[N+]([O-])c1cc(CO)ccc1N1CCCSCC1. The van der Waals surface area contributed by atoms with E-state index in [2.05, 4.69) is 4.90 Å². The van der Waals surface area contributed by atoms with Crippen molar-refractivity contribution < 1.29 is 10.0 Å². The second kappa shape index (κ2) is 6.06. The van der Waals surface area contributed by atoms with Crippen LogP contribution >= 0.6 is 11.8 Å². The number of benzene rings is 1. The number of nitro groups is 1. The number of hydrogen-bond acceptors (Lipinski definition) is 5. The lowest BCUT2D eigenvalue weighted by molar-refractivity contribution is -0.384. The van der Waals surface area contributed by atoms with E-state index in [1.54, 1.807) is 12.1 Å². The number of aliphatic hydroxyl groups is 1. The van der Waals surface area contributed by atoms with Crippen molar-refractivity contribution in [3.05, 3.63) is 33.9 Å². The molecule has 6 heteroatoms. The highest BCUT2D eigenvalue weighted by Gasteiger charge is 2.20. The molecule has 1 aliphatic rings. The van der Waals surface area contributed by atoms with Gasteiger partial charge in [0.25, 0.3) is 5.69 Å². The van der Waals surface area contributed by atoms with Crippen molar-refractivity contribution in [2.45, 2.75) is 13.0 Å². The minimum atomic E-state index is -0.369. The van der Waals surface area contributed by atoms with Crippen LogP contribution in [0.4, 0.5) is 11.4 Å². The Balaban J connectivity index is 2.32. The van der Waals surface area contributed by atoms with Gasteiger partial charge >= 0.3 is 0 Å². The normalized spacial score (nSPS) is 16.4. The largest absolute Gasteiger partial charge is 0.392 e. The first kappa shape index (κ1) is 13.2. The lowest BCUT2D eigenvalue weighted by Gasteiger charge is -2.22. The predicted octanol–water partition coefficient (Wildman–Crippen LogP) is 2.03. The molecule has 1 aromatic carbocycles. The van der Waals surface area contributed by atoms with Gasteiger partial charge in [-0.25, -0.2) is 0 Å². The third kappa shape index (κ3) is 2.94. The highest BCUT2D eigenvalue weighted by molar-refractivity contribution is 7.99. The number of thioether (sulfide) groups is 1. The van der Waals surface area contributed by atoms with E-state index in [4.69, 9.17) is 5.11 Å². The molecule has 0 radical (unpaired) electrons. The van der Waals surface area contributed by atoms with Gasteiger partial charge in [-0.15, -0.1) is 0 Å². The molecule has 5 nitrogen and oxygen atoms in total. The second-order valence-electron chi connectivity index (χ2n) is 4.19. The van der Waals surface area contributed by atoms with Gasteiger partial charge in [-0.3, -0.25) is 10.1 Å². The Morgan fingerprint density at radius 3 is 2.94 bits per heavy atom. The molecule has 1 fully saturated rings. The summed E-state index contributed by atoms with van der Waals surface area (Å²) in [6.45, 7) is 1.52. The molecule has 1 heterocycles. The number of nitrogens with zero attached hydrogens (tertiary/aromatic N) is 2. The standard InChI is InChI=1S/C12H16N2O3S/c15-9-10-2-3-11(12(8-10)14(16)17)13-4-1-6-18-7-5-13/h2-3,8,15H,1,4-7,9H2. The number of hydrogen-bond donors (Lipinski definition) is 1. The number of aliphatic hydroxyl groups excluding tert-OH is 1. The van der Waals surface area contributed by atoms with Crippen molar-refractivity contribution in [3.63, 3.8) is 0 Å². The Hall–Kier alpha value is -1.27. The van der Waals surface area contributed by atoms with Crippen LogP contribution in [0.15, 0.2) is 18.2 Å². The molecule has 0 saturated carbocycles. The van der Waals surface area contributed by atoms with Crippen LogP contribution in [0.5, 0.6) is 0 Å². The maximum Gasteiger partial charge on any atom is 0.292 e. The quantitative estimate of drug-likeness (QED) is 0.671. The smallest absolute Gasteiger partial charge is 0.292 e. The third-order valence-electron chi connectivity index (χ3n) is 2.98. The molecule has 0 atom stereocenters. The zero-order valence-corrected chi connectivity index (χ0v) is 10.9. The van der Waals surface area contributed by atoms with Crippen LogP contribution in [0.25, 0.3) is 0 Å². The zero-order chi connectivity index (χ0) is 13.0. The van der Waals surface area contributed by atoms with Gasteiger partial charge in [-0.1, -0.05) is 6.07 Å². The van der Waals surface area contributed by atoms with Gasteiger partial charge in [-0.2, -0.15) is 11.8 Å². The van der Waals surface area contributed by atoms with Crippen molar-refractivity contribution in [1.29, 1.82) is 0 Å². The van der Waals surface area contributed by atoms with E-state index < -0.39 is 0 Å². The van der Waals surface area contributed by atoms with Gasteiger partial charge < -0.3 is 10.0 Å². The molecule has 0 aromatic heterocycles. The summed E-state index contributed by atoms with van der Waals surface area (Å²) in [4.78, 5) is 12.8. The Morgan fingerprint density at radius 2 is 2.22 bits per heavy atom. The summed E-state index contributed by atoms with van der Waals surface area (Å²) in [6, 6.07) is 4.97. The van der Waals surface area contributed by atoms with Crippen LogP contribution in [0.2, 0.25) is 0 Å². The summed E-state index contributed by atoms with van der Waals surface area (Å²) < 4.78 is 0. The summed E-state index contributed by atoms with van der Waals surface area (Å²) >= 11 is 1.88. The minimum Gasteiger partial charge on any atom is -0.392 e. The molecule has 98 valence electrons. The van der Waals surface area contributed by atoms with E-state index >= 15 is 0 Å². The molecule has 2 rings (SSSR count). The van der Waals surface area contributed by atoms with Gasteiger partial charge in [0, 0.05) is 24.9 Å². The van der Waals surface area contributed by atoms with Crippen molar-refractivity contribution in [2.24, 2.45) is 0 Å². The van der Waals surface area contributed by atoms with Gasteiger partial charge in [0.2, 0.25) is 0 Å². The topological polar surface area (TPSA) is 66.6 Å². The van der Waals surface area contributed by atoms with Gasteiger partial charge in [-0.05, 0) is 23.8 Å². The number of nitro benzene ring substituents is 1.